The number of carbonyl (C=O) groups excluding carboxylic acids is 2. The number of halogens is 1. The molecule has 1 fully saturated rings. The molecule has 2 aliphatic rings. The fourth-order valence-electron chi connectivity index (χ4n) is 4.66. The molecule has 0 saturated carbocycles. The summed E-state index contributed by atoms with van der Waals surface area (Å²) in [4.78, 5) is 29.8. The lowest BCUT2D eigenvalue weighted by molar-refractivity contribution is -0.117. The topological polar surface area (TPSA) is 77.2 Å². The summed E-state index contributed by atoms with van der Waals surface area (Å²) >= 11 is 0. The maximum Gasteiger partial charge on any atom is 0.315 e. The lowest BCUT2D eigenvalue weighted by Crippen LogP contribution is -2.43. The number of urea groups is 1. The number of rotatable bonds is 4. The number of hydrogen-bond donors (Lipinski definition) is 3. The Balaban J connectivity index is 1.18. The van der Waals surface area contributed by atoms with Crippen LogP contribution >= 0.6 is 0 Å². The van der Waals surface area contributed by atoms with E-state index in [1.54, 1.807) is 17.0 Å². The summed E-state index contributed by atoms with van der Waals surface area (Å²) < 4.78 is 13.1. The van der Waals surface area contributed by atoms with E-state index < -0.39 is 0 Å². The molecule has 160 valence electrons. The standard InChI is InChI=1S/C24H25FN4O2/c25-16-6-8-18(9-7-16)29-14-17(12-23(29)30)27-24(31)26-13-15-5-10-22-20(11-15)19-3-1-2-4-21(19)28-22/h5-11,17,28H,1-4,12-14H2,(H2,26,27,31). The third-order valence-electron chi connectivity index (χ3n) is 6.21. The first-order chi connectivity index (χ1) is 15.1. The van der Waals surface area contributed by atoms with Crippen LogP contribution < -0.4 is 15.5 Å². The lowest BCUT2D eigenvalue weighted by atomic mass is 9.95. The summed E-state index contributed by atoms with van der Waals surface area (Å²) in [5, 5.41) is 7.04. The van der Waals surface area contributed by atoms with E-state index in [2.05, 4.69) is 27.8 Å². The van der Waals surface area contributed by atoms with E-state index in [4.69, 9.17) is 0 Å². The van der Waals surface area contributed by atoms with Gasteiger partial charge in [-0.1, -0.05) is 6.07 Å². The van der Waals surface area contributed by atoms with E-state index in [0.717, 1.165) is 23.9 Å². The number of benzene rings is 2. The molecule has 1 saturated heterocycles. The highest BCUT2D eigenvalue weighted by atomic mass is 19.1. The molecule has 1 aromatic heterocycles. The molecule has 0 bridgehead atoms. The lowest BCUT2D eigenvalue weighted by Gasteiger charge is -2.17. The van der Waals surface area contributed by atoms with Gasteiger partial charge in [0.05, 0.1) is 6.04 Å². The van der Waals surface area contributed by atoms with E-state index >= 15 is 0 Å². The second-order valence-electron chi connectivity index (χ2n) is 8.38. The van der Waals surface area contributed by atoms with Crippen molar-refractivity contribution >= 4 is 28.5 Å². The number of aromatic nitrogens is 1. The Morgan fingerprint density at radius 2 is 1.94 bits per heavy atom. The maximum atomic E-state index is 13.1. The van der Waals surface area contributed by atoms with Crippen LogP contribution in [-0.2, 0) is 24.2 Å². The Kier molecular flexibility index (Phi) is 5.10. The van der Waals surface area contributed by atoms with Gasteiger partial charge in [-0.15, -0.1) is 0 Å². The summed E-state index contributed by atoms with van der Waals surface area (Å²) in [7, 11) is 0. The largest absolute Gasteiger partial charge is 0.358 e. The molecule has 0 radical (unpaired) electrons. The van der Waals surface area contributed by atoms with Crippen molar-refractivity contribution in [3.63, 3.8) is 0 Å². The van der Waals surface area contributed by atoms with E-state index in [-0.39, 0.29) is 30.2 Å². The molecule has 5 rings (SSSR count). The van der Waals surface area contributed by atoms with Gasteiger partial charge in [0.1, 0.15) is 5.82 Å². The first kappa shape index (κ1) is 19.6. The van der Waals surface area contributed by atoms with Crippen LogP contribution in [0.4, 0.5) is 14.9 Å². The van der Waals surface area contributed by atoms with E-state index in [1.165, 1.54) is 41.6 Å². The first-order valence-corrected chi connectivity index (χ1v) is 10.8. The zero-order valence-electron chi connectivity index (χ0n) is 17.2. The summed E-state index contributed by atoms with van der Waals surface area (Å²) in [5.74, 6) is -0.428. The molecular weight excluding hydrogens is 395 g/mol. The van der Waals surface area contributed by atoms with Crippen molar-refractivity contribution in [2.24, 2.45) is 0 Å². The van der Waals surface area contributed by atoms with Crippen molar-refractivity contribution in [1.29, 1.82) is 0 Å². The van der Waals surface area contributed by atoms with Crippen LogP contribution in [0, 0.1) is 5.82 Å². The smallest absolute Gasteiger partial charge is 0.315 e. The number of nitrogens with zero attached hydrogens (tertiary/aromatic N) is 1. The van der Waals surface area contributed by atoms with Gasteiger partial charge in [-0.05, 0) is 73.2 Å². The van der Waals surface area contributed by atoms with Gasteiger partial charge in [0.2, 0.25) is 5.91 Å². The number of hydrogen-bond acceptors (Lipinski definition) is 2. The van der Waals surface area contributed by atoms with Gasteiger partial charge < -0.3 is 20.5 Å². The van der Waals surface area contributed by atoms with Crippen molar-refractivity contribution in [2.75, 3.05) is 11.4 Å². The molecule has 2 aromatic carbocycles. The summed E-state index contributed by atoms with van der Waals surface area (Å²) in [6.45, 7) is 0.795. The Morgan fingerprint density at radius 1 is 1.13 bits per heavy atom. The highest BCUT2D eigenvalue weighted by Crippen LogP contribution is 2.29. The van der Waals surface area contributed by atoms with Gasteiger partial charge in [-0.25, -0.2) is 9.18 Å². The molecule has 1 unspecified atom stereocenters. The van der Waals surface area contributed by atoms with Gasteiger partial charge in [-0.3, -0.25) is 4.79 Å². The van der Waals surface area contributed by atoms with E-state index in [0.29, 0.717) is 18.8 Å². The van der Waals surface area contributed by atoms with Crippen molar-refractivity contribution in [1.82, 2.24) is 15.6 Å². The zero-order chi connectivity index (χ0) is 21.4. The van der Waals surface area contributed by atoms with Crippen LogP contribution in [0.15, 0.2) is 42.5 Å². The molecule has 1 atom stereocenters. The van der Waals surface area contributed by atoms with Crippen molar-refractivity contribution in [3.05, 3.63) is 65.1 Å². The quantitative estimate of drug-likeness (QED) is 0.601. The minimum atomic E-state index is -0.345. The fraction of sp³-hybridized carbons (Fsp3) is 0.333. The number of amides is 3. The van der Waals surface area contributed by atoms with Crippen LogP contribution in [0.5, 0.6) is 0 Å². The Labute approximate surface area is 179 Å². The molecule has 1 aliphatic carbocycles. The third kappa shape index (κ3) is 4.00. The summed E-state index contributed by atoms with van der Waals surface area (Å²) in [5.41, 5.74) is 5.61. The monoisotopic (exact) mass is 420 g/mol. The molecule has 7 heteroatoms. The second kappa shape index (κ2) is 8.06. The predicted octanol–water partition coefficient (Wildman–Crippen LogP) is 3.79. The van der Waals surface area contributed by atoms with Crippen LogP contribution in [0.2, 0.25) is 0 Å². The average molecular weight is 420 g/mol. The molecule has 3 N–H and O–H groups in total. The summed E-state index contributed by atoms with van der Waals surface area (Å²) in [6.07, 6.45) is 4.89. The highest BCUT2D eigenvalue weighted by Gasteiger charge is 2.31. The van der Waals surface area contributed by atoms with Crippen LogP contribution in [0.25, 0.3) is 10.9 Å². The maximum absolute atomic E-state index is 13.1. The predicted molar refractivity (Wildman–Crippen MR) is 117 cm³/mol. The van der Waals surface area contributed by atoms with Crippen molar-refractivity contribution < 1.29 is 14.0 Å². The van der Waals surface area contributed by atoms with Crippen LogP contribution in [0.3, 0.4) is 0 Å². The SMILES string of the molecule is O=C(NCc1ccc2[nH]c3c(c2c1)CCCC3)NC1CC(=O)N(c2ccc(F)cc2)C1. The number of aryl methyl sites for hydroxylation is 2. The normalized spacial score (nSPS) is 18.3. The van der Waals surface area contributed by atoms with Gasteiger partial charge in [0.15, 0.2) is 0 Å². The second-order valence-corrected chi connectivity index (χ2v) is 8.38. The van der Waals surface area contributed by atoms with E-state index in [1.807, 2.05) is 6.07 Å². The van der Waals surface area contributed by atoms with Crippen LogP contribution in [-0.4, -0.2) is 29.5 Å². The zero-order valence-corrected chi connectivity index (χ0v) is 17.2. The van der Waals surface area contributed by atoms with Crippen molar-refractivity contribution in [3.8, 4) is 0 Å². The van der Waals surface area contributed by atoms with Gasteiger partial charge in [0.25, 0.3) is 0 Å². The molecule has 6 nitrogen and oxygen atoms in total. The Morgan fingerprint density at radius 3 is 2.77 bits per heavy atom. The highest BCUT2D eigenvalue weighted by molar-refractivity contribution is 5.96. The number of carbonyl (C=O) groups is 2. The third-order valence-corrected chi connectivity index (χ3v) is 6.21. The van der Waals surface area contributed by atoms with Crippen LogP contribution in [0.1, 0.15) is 36.1 Å². The number of nitrogens with one attached hydrogen (secondary N) is 3. The number of anilines is 1. The Hall–Kier alpha value is -3.35. The number of H-pyrrole nitrogens is 1. The van der Waals surface area contributed by atoms with Gasteiger partial charge in [-0.2, -0.15) is 0 Å². The van der Waals surface area contributed by atoms with Gasteiger partial charge in [0, 0.05) is 41.8 Å². The fourth-order valence-corrected chi connectivity index (χ4v) is 4.66. The molecule has 0 spiro atoms. The molecule has 3 amide bonds. The number of fused-ring (bicyclic) bond motifs is 3. The molecule has 2 heterocycles. The Bertz CT molecular complexity index is 1140. The first-order valence-electron chi connectivity index (χ1n) is 10.8. The molecule has 31 heavy (non-hydrogen) atoms. The molecular formula is C24H25FN4O2. The summed E-state index contributed by atoms with van der Waals surface area (Å²) in [6, 6.07) is 11.5. The minimum absolute atomic E-state index is 0.0837. The minimum Gasteiger partial charge on any atom is -0.358 e. The number of aromatic amines is 1. The van der Waals surface area contributed by atoms with Gasteiger partial charge >= 0.3 is 6.03 Å². The van der Waals surface area contributed by atoms with Crippen molar-refractivity contribution in [2.45, 2.75) is 44.7 Å². The van der Waals surface area contributed by atoms with E-state index in [9.17, 15) is 14.0 Å². The molecule has 1 aliphatic heterocycles. The average Bonchev–Trinajstić information content (AvgIpc) is 3.32. The molecule has 3 aromatic rings.